The second kappa shape index (κ2) is 9.73. The summed E-state index contributed by atoms with van der Waals surface area (Å²) in [7, 11) is 0. The van der Waals surface area contributed by atoms with Crippen LogP contribution in [-0.4, -0.2) is 27.1 Å². The Balaban J connectivity index is 1.49. The number of fused-ring (bicyclic) bond motifs is 1. The van der Waals surface area contributed by atoms with E-state index in [1.807, 2.05) is 12.1 Å². The minimum atomic E-state index is -0.427. The molecule has 7 nitrogen and oxygen atoms in total. The van der Waals surface area contributed by atoms with Crippen LogP contribution in [0, 0.1) is 4.77 Å². The molecule has 0 unspecified atom stereocenters. The van der Waals surface area contributed by atoms with Crippen molar-refractivity contribution in [3.8, 4) is 0 Å². The SMILES string of the molecule is O=C(CCn1c(=S)[nH]c2ccccc2c1=O)NNC(=O)CSc1ccc(Cl)cc1. The minimum absolute atomic E-state index is 0.0136. The molecule has 2 amide bonds. The highest BCUT2D eigenvalue weighted by Gasteiger charge is 2.09. The van der Waals surface area contributed by atoms with E-state index < -0.39 is 5.91 Å². The molecule has 3 rings (SSSR count). The van der Waals surface area contributed by atoms with Crippen LogP contribution >= 0.6 is 35.6 Å². The molecule has 0 fully saturated rings. The first-order valence-electron chi connectivity index (χ1n) is 8.62. The number of nitrogens with one attached hydrogen (secondary N) is 3. The molecule has 0 aliphatic rings. The molecule has 0 aliphatic carbocycles. The third-order valence-electron chi connectivity index (χ3n) is 3.98. The van der Waals surface area contributed by atoms with Crippen LogP contribution in [0.5, 0.6) is 0 Å². The Bertz CT molecular complexity index is 1160. The Kier molecular flexibility index (Phi) is 7.08. The normalized spacial score (nSPS) is 10.7. The molecular weight excluding hydrogens is 432 g/mol. The van der Waals surface area contributed by atoms with Gasteiger partial charge in [-0.1, -0.05) is 23.7 Å². The number of aromatic amines is 1. The summed E-state index contributed by atoms with van der Waals surface area (Å²) in [4.78, 5) is 40.3. The number of hydrazine groups is 1. The number of aromatic nitrogens is 2. The summed E-state index contributed by atoms with van der Waals surface area (Å²) in [5, 5.41) is 1.12. The zero-order valence-corrected chi connectivity index (χ0v) is 17.5. The predicted molar refractivity (Wildman–Crippen MR) is 116 cm³/mol. The van der Waals surface area contributed by atoms with E-state index in [0.717, 1.165) is 4.90 Å². The van der Waals surface area contributed by atoms with E-state index in [1.165, 1.54) is 16.3 Å². The predicted octanol–water partition coefficient (Wildman–Crippen LogP) is 3.04. The second-order valence-electron chi connectivity index (χ2n) is 6.02. The number of amides is 2. The molecule has 3 N–H and O–H groups in total. The number of carbonyl (C=O) groups is 2. The standard InChI is InChI=1S/C19H17ClN4O3S2/c20-12-5-7-13(8-6-12)29-11-17(26)23-22-16(25)9-10-24-18(27)14-3-1-2-4-15(14)21-19(24)28/h1-8H,9-11H2,(H,21,28)(H,22,25)(H,23,26). The lowest BCUT2D eigenvalue weighted by molar-refractivity contribution is -0.127. The fourth-order valence-corrected chi connectivity index (χ4v) is 3.64. The number of rotatable bonds is 6. The van der Waals surface area contributed by atoms with E-state index in [-0.39, 0.29) is 35.0 Å². The van der Waals surface area contributed by atoms with Gasteiger partial charge < -0.3 is 4.98 Å². The van der Waals surface area contributed by atoms with Crippen molar-refractivity contribution in [2.75, 3.05) is 5.75 Å². The summed E-state index contributed by atoms with van der Waals surface area (Å²) in [5.74, 6) is -0.639. The third kappa shape index (κ3) is 5.69. The summed E-state index contributed by atoms with van der Waals surface area (Å²) < 4.78 is 1.57. The van der Waals surface area contributed by atoms with E-state index >= 15 is 0 Å². The van der Waals surface area contributed by atoms with Gasteiger partial charge in [0.25, 0.3) is 5.56 Å². The van der Waals surface area contributed by atoms with Crippen LogP contribution in [0.2, 0.25) is 5.02 Å². The van der Waals surface area contributed by atoms with Crippen LogP contribution in [0.1, 0.15) is 6.42 Å². The van der Waals surface area contributed by atoms with Crippen LogP contribution in [0.4, 0.5) is 0 Å². The molecule has 29 heavy (non-hydrogen) atoms. The average Bonchev–Trinajstić information content (AvgIpc) is 2.71. The van der Waals surface area contributed by atoms with Gasteiger partial charge in [-0.05, 0) is 48.6 Å². The quantitative estimate of drug-likeness (QED) is 0.306. The largest absolute Gasteiger partial charge is 0.332 e. The number of nitrogens with zero attached hydrogens (tertiary/aromatic N) is 1. The Morgan fingerprint density at radius 1 is 1.07 bits per heavy atom. The highest BCUT2D eigenvalue weighted by Crippen LogP contribution is 2.19. The molecule has 1 heterocycles. The molecule has 2 aromatic carbocycles. The highest BCUT2D eigenvalue weighted by molar-refractivity contribution is 8.00. The topological polar surface area (TPSA) is 96.0 Å². The van der Waals surface area contributed by atoms with E-state index in [2.05, 4.69) is 15.8 Å². The number of thioether (sulfide) groups is 1. The zero-order valence-electron chi connectivity index (χ0n) is 15.1. The van der Waals surface area contributed by atoms with Crippen molar-refractivity contribution < 1.29 is 9.59 Å². The van der Waals surface area contributed by atoms with Crippen molar-refractivity contribution in [2.45, 2.75) is 17.9 Å². The van der Waals surface area contributed by atoms with Crippen LogP contribution in [0.15, 0.2) is 58.2 Å². The molecular formula is C19H17ClN4O3S2. The number of hydrogen-bond acceptors (Lipinski definition) is 5. The fraction of sp³-hybridized carbons (Fsp3) is 0.158. The maximum atomic E-state index is 12.5. The molecule has 0 spiro atoms. The number of benzene rings is 2. The number of H-pyrrole nitrogens is 1. The smallest absolute Gasteiger partial charge is 0.262 e. The van der Waals surface area contributed by atoms with Gasteiger partial charge in [0.15, 0.2) is 4.77 Å². The summed E-state index contributed by atoms with van der Waals surface area (Å²) in [6.07, 6.45) is -0.0136. The molecule has 0 aliphatic heterocycles. The maximum Gasteiger partial charge on any atom is 0.262 e. The summed E-state index contributed by atoms with van der Waals surface area (Å²) in [5.41, 5.74) is 5.08. The van der Waals surface area contributed by atoms with Crippen molar-refractivity contribution in [1.82, 2.24) is 20.4 Å². The van der Waals surface area contributed by atoms with Gasteiger partial charge in [-0.25, -0.2) is 0 Å². The van der Waals surface area contributed by atoms with Gasteiger partial charge in [-0.3, -0.25) is 29.8 Å². The number of carbonyl (C=O) groups excluding carboxylic acids is 2. The Morgan fingerprint density at radius 3 is 2.52 bits per heavy atom. The molecule has 150 valence electrons. The molecule has 0 radical (unpaired) electrons. The van der Waals surface area contributed by atoms with Crippen LogP contribution in [0.3, 0.4) is 0 Å². The number of para-hydroxylation sites is 1. The first kappa shape index (κ1) is 21.1. The van der Waals surface area contributed by atoms with E-state index in [9.17, 15) is 14.4 Å². The molecule has 0 bridgehead atoms. The Morgan fingerprint density at radius 2 is 1.76 bits per heavy atom. The third-order valence-corrected chi connectivity index (χ3v) is 5.56. The molecule has 0 atom stereocenters. The first-order chi connectivity index (χ1) is 13.9. The fourth-order valence-electron chi connectivity index (χ4n) is 2.53. The number of hydrogen-bond donors (Lipinski definition) is 3. The maximum absolute atomic E-state index is 12.5. The van der Waals surface area contributed by atoms with Crippen molar-refractivity contribution in [1.29, 1.82) is 0 Å². The van der Waals surface area contributed by atoms with Crippen LogP contribution in [-0.2, 0) is 16.1 Å². The lowest BCUT2D eigenvalue weighted by Gasteiger charge is -2.09. The molecule has 0 saturated carbocycles. The molecule has 1 aromatic heterocycles. The monoisotopic (exact) mass is 448 g/mol. The van der Waals surface area contributed by atoms with Crippen molar-refractivity contribution in [3.63, 3.8) is 0 Å². The first-order valence-corrected chi connectivity index (χ1v) is 10.4. The molecule has 3 aromatic rings. The van der Waals surface area contributed by atoms with Gasteiger partial charge in [0.2, 0.25) is 11.8 Å². The minimum Gasteiger partial charge on any atom is -0.332 e. The van der Waals surface area contributed by atoms with Crippen molar-refractivity contribution in [3.05, 3.63) is 68.7 Å². The second-order valence-corrected chi connectivity index (χ2v) is 7.89. The van der Waals surface area contributed by atoms with Crippen molar-refractivity contribution in [2.24, 2.45) is 0 Å². The van der Waals surface area contributed by atoms with Crippen LogP contribution < -0.4 is 16.4 Å². The highest BCUT2D eigenvalue weighted by atomic mass is 35.5. The molecule has 0 saturated heterocycles. The van der Waals surface area contributed by atoms with E-state index in [1.54, 1.807) is 36.4 Å². The molecule has 10 heteroatoms. The van der Waals surface area contributed by atoms with Crippen molar-refractivity contribution >= 4 is 58.3 Å². The summed E-state index contributed by atoms with van der Waals surface area (Å²) in [6, 6.07) is 14.1. The van der Waals surface area contributed by atoms with Gasteiger partial charge in [-0.15, -0.1) is 11.8 Å². The van der Waals surface area contributed by atoms with Gasteiger partial charge in [0.05, 0.1) is 16.7 Å². The lowest BCUT2D eigenvalue weighted by Crippen LogP contribution is -2.43. The summed E-state index contributed by atoms with van der Waals surface area (Å²) in [6.45, 7) is 0.0974. The number of halogens is 1. The average molecular weight is 449 g/mol. The zero-order chi connectivity index (χ0) is 20.8. The Labute approximate surface area is 180 Å². The van der Waals surface area contributed by atoms with Gasteiger partial charge in [0, 0.05) is 22.9 Å². The van der Waals surface area contributed by atoms with Gasteiger partial charge in [-0.2, -0.15) is 0 Å². The van der Waals surface area contributed by atoms with Gasteiger partial charge in [0.1, 0.15) is 0 Å². The van der Waals surface area contributed by atoms with Gasteiger partial charge >= 0.3 is 0 Å². The van der Waals surface area contributed by atoms with Crippen LogP contribution in [0.25, 0.3) is 10.9 Å². The summed E-state index contributed by atoms with van der Waals surface area (Å²) >= 11 is 12.3. The lowest BCUT2D eigenvalue weighted by atomic mass is 10.2. The Hall–Kier alpha value is -2.62. The van der Waals surface area contributed by atoms with E-state index in [0.29, 0.717) is 15.9 Å². The van der Waals surface area contributed by atoms with E-state index in [4.69, 9.17) is 23.8 Å².